The van der Waals surface area contributed by atoms with Crippen LogP contribution in [0.15, 0.2) is 17.2 Å². The van der Waals surface area contributed by atoms with Crippen LogP contribution in [0.3, 0.4) is 0 Å². The van der Waals surface area contributed by atoms with Gasteiger partial charge in [0.15, 0.2) is 5.82 Å². The fraction of sp³-hybridized carbons (Fsp3) is 0.579. The van der Waals surface area contributed by atoms with Gasteiger partial charge in [0.05, 0.1) is 25.2 Å². The van der Waals surface area contributed by atoms with Crippen molar-refractivity contribution in [2.75, 3.05) is 24.6 Å². The summed E-state index contributed by atoms with van der Waals surface area (Å²) in [4.78, 5) is 19.0. The molecule has 0 bridgehead atoms. The highest BCUT2D eigenvalue weighted by Crippen LogP contribution is 2.25. The van der Waals surface area contributed by atoms with E-state index < -0.39 is 0 Å². The lowest BCUT2D eigenvalue weighted by Gasteiger charge is -2.33. The topological polar surface area (TPSA) is 73.1 Å². The molecule has 0 atom stereocenters. The zero-order valence-electron chi connectivity index (χ0n) is 15.4. The summed E-state index contributed by atoms with van der Waals surface area (Å²) < 4.78 is 7.29. The van der Waals surface area contributed by atoms with E-state index in [0.29, 0.717) is 12.5 Å². The van der Waals surface area contributed by atoms with E-state index in [2.05, 4.69) is 26.1 Å². The summed E-state index contributed by atoms with van der Waals surface area (Å²) in [5, 5.41) is 8.80. The largest absolute Gasteiger partial charge is 0.376 e. The molecule has 4 rings (SSSR count). The van der Waals surface area contributed by atoms with Crippen molar-refractivity contribution >= 4 is 5.82 Å². The van der Waals surface area contributed by atoms with Gasteiger partial charge < -0.3 is 9.64 Å². The molecule has 0 radical (unpaired) electrons. The van der Waals surface area contributed by atoms with Crippen LogP contribution in [0.4, 0.5) is 5.82 Å². The van der Waals surface area contributed by atoms with Crippen LogP contribution in [0.25, 0.3) is 0 Å². The Bertz CT molecular complexity index is 855. The number of ether oxygens (including phenoxy) is 1. The smallest absolute Gasteiger partial charge is 0.256 e. The summed E-state index contributed by atoms with van der Waals surface area (Å²) in [6.07, 6.45) is 4.61. The van der Waals surface area contributed by atoms with Gasteiger partial charge in [-0.3, -0.25) is 9.36 Å². The Morgan fingerprint density at radius 2 is 2.04 bits per heavy atom. The number of hydrogen-bond acceptors (Lipinski definition) is 6. The number of anilines is 1. The molecule has 26 heavy (non-hydrogen) atoms. The lowest BCUT2D eigenvalue weighted by Crippen LogP contribution is -2.37. The van der Waals surface area contributed by atoms with Gasteiger partial charge in [-0.25, -0.2) is 4.98 Å². The van der Waals surface area contributed by atoms with Crippen LogP contribution in [0.1, 0.15) is 35.4 Å². The van der Waals surface area contributed by atoms with Crippen molar-refractivity contribution in [2.24, 2.45) is 5.92 Å². The highest BCUT2D eigenvalue weighted by Gasteiger charge is 2.23. The molecular weight excluding hydrogens is 330 g/mol. The molecule has 7 heteroatoms. The standard InChI is InChI=1S/C19H25N5O2/c1-13-14(2)20-12-24(19(13)25)10-15-3-6-23(7-4-15)18-9-16-11-26-8-5-17(16)21-22-18/h9,12,15H,3-8,10-11H2,1-2H3. The van der Waals surface area contributed by atoms with Crippen molar-refractivity contribution in [1.29, 1.82) is 0 Å². The molecule has 0 aromatic carbocycles. The summed E-state index contributed by atoms with van der Waals surface area (Å²) >= 11 is 0. The number of hydrogen-bond donors (Lipinski definition) is 0. The van der Waals surface area contributed by atoms with Gasteiger partial charge in [0.1, 0.15) is 0 Å². The Balaban J connectivity index is 1.40. The first-order chi connectivity index (χ1) is 12.6. The molecule has 0 amide bonds. The maximum Gasteiger partial charge on any atom is 0.256 e. The zero-order chi connectivity index (χ0) is 18.1. The summed E-state index contributed by atoms with van der Waals surface area (Å²) in [7, 11) is 0. The zero-order valence-corrected chi connectivity index (χ0v) is 15.4. The van der Waals surface area contributed by atoms with Gasteiger partial charge in [-0.05, 0) is 38.7 Å². The highest BCUT2D eigenvalue weighted by atomic mass is 16.5. The van der Waals surface area contributed by atoms with Crippen molar-refractivity contribution in [3.8, 4) is 0 Å². The predicted octanol–water partition coefficient (Wildman–Crippen LogP) is 1.64. The van der Waals surface area contributed by atoms with E-state index in [4.69, 9.17) is 4.74 Å². The van der Waals surface area contributed by atoms with Crippen molar-refractivity contribution in [3.05, 3.63) is 45.3 Å². The van der Waals surface area contributed by atoms with E-state index in [0.717, 1.165) is 73.8 Å². The van der Waals surface area contributed by atoms with Crippen LogP contribution < -0.4 is 10.5 Å². The first kappa shape index (κ1) is 17.1. The molecule has 0 N–H and O–H groups in total. The number of rotatable bonds is 3. The molecule has 1 saturated heterocycles. The number of aromatic nitrogens is 4. The monoisotopic (exact) mass is 355 g/mol. The number of piperidine rings is 1. The van der Waals surface area contributed by atoms with Gasteiger partial charge >= 0.3 is 0 Å². The molecule has 138 valence electrons. The second kappa shape index (κ2) is 7.15. The van der Waals surface area contributed by atoms with Crippen molar-refractivity contribution in [1.82, 2.24) is 19.7 Å². The van der Waals surface area contributed by atoms with Crippen LogP contribution in [0.2, 0.25) is 0 Å². The average molecular weight is 355 g/mol. The molecule has 2 aliphatic heterocycles. The minimum Gasteiger partial charge on any atom is -0.376 e. The molecule has 1 fully saturated rings. The Labute approximate surface area is 153 Å². The quantitative estimate of drug-likeness (QED) is 0.833. The number of nitrogens with zero attached hydrogens (tertiary/aromatic N) is 5. The molecule has 4 heterocycles. The second-order valence-electron chi connectivity index (χ2n) is 7.32. The maximum absolute atomic E-state index is 12.4. The SMILES string of the molecule is Cc1ncn(CC2CCN(c3cc4c(nn3)CCOC4)CC2)c(=O)c1C. The van der Waals surface area contributed by atoms with Crippen molar-refractivity contribution in [3.63, 3.8) is 0 Å². The molecular formula is C19H25N5O2. The molecule has 0 spiro atoms. The minimum absolute atomic E-state index is 0.0838. The fourth-order valence-corrected chi connectivity index (χ4v) is 3.71. The minimum atomic E-state index is 0.0838. The van der Waals surface area contributed by atoms with Gasteiger partial charge in [-0.15, -0.1) is 5.10 Å². The average Bonchev–Trinajstić information content (AvgIpc) is 2.68. The van der Waals surface area contributed by atoms with E-state index in [1.807, 2.05) is 13.8 Å². The van der Waals surface area contributed by atoms with Crippen LogP contribution in [0.5, 0.6) is 0 Å². The molecule has 7 nitrogen and oxygen atoms in total. The van der Waals surface area contributed by atoms with Gasteiger partial charge in [0.25, 0.3) is 5.56 Å². The van der Waals surface area contributed by atoms with Gasteiger partial charge in [0.2, 0.25) is 0 Å². The Morgan fingerprint density at radius 1 is 1.23 bits per heavy atom. The van der Waals surface area contributed by atoms with Crippen LogP contribution >= 0.6 is 0 Å². The van der Waals surface area contributed by atoms with E-state index >= 15 is 0 Å². The molecule has 0 saturated carbocycles. The van der Waals surface area contributed by atoms with Crippen LogP contribution in [0, 0.1) is 19.8 Å². The third-order valence-corrected chi connectivity index (χ3v) is 5.60. The van der Waals surface area contributed by atoms with Crippen LogP contribution in [-0.2, 0) is 24.3 Å². The lowest BCUT2D eigenvalue weighted by atomic mass is 9.96. The van der Waals surface area contributed by atoms with Crippen LogP contribution in [-0.4, -0.2) is 39.4 Å². The van der Waals surface area contributed by atoms with E-state index in [-0.39, 0.29) is 5.56 Å². The second-order valence-corrected chi connectivity index (χ2v) is 7.32. The number of fused-ring (bicyclic) bond motifs is 1. The summed E-state index contributed by atoms with van der Waals surface area (Å²) in [6.45, 7) is 7.71. The van der Waals surface area contributed by atoms with E-state index in [1.54, 1.807) is 10.9 Å². The third kappa shape index (κ3) is 3.35. The molecule has 0 aliphatic carbocycles. The molecule has 0 unspecified atom stereocenters. The van der Waals surface area contributed by atoms with Gasteiger partial charge in [-0.2, -0.15) is 5.10 Å². The summed E-state index contributed by atoms with van der Waals surface area (Å²) in [6, 6.07) is 2.12. The Morgan fingerprint density at radius 3 is 2.85 bits per heavy atom. The lowest BCUT2D eigenvalue weighted by molar-refractivity contribution is 0.108. The molecule has 2 aromatic heterocycles. The van der Waals surface area contributed by atoms with Crippen molar-refractivity contribution in [2.45, 2.75) is 46.3 Å². The van der Waals surface area contributed by atoms with E-state index in [1.165, 1.54) is 0 Å². The third-order valence-electron chi connectivity index (χ3n) is 5.60. The van der Waals surface area contributed by atoms with Gasteiger partial charge in [0, 0.05) is 42.9 Å². The van der Waals surface area contributed by atoms with Crippen molar-refractivity contribution < 1.29 is 4.74 Å². The summed E-state index contributed by atoms with van der Waals surface area (Å²) in [5.74, 6) is 1.43. The maximum atomic E-state index is 12.4. The summed E-state index contributed by atoms with van der Waals surface area (Å²) in [5.41, 5.74) is 3.88. The van der Waals surface area contributed by atoms with Gasteiger partial charge in [-0.1, -0.05) is 0 Å². The Kier molecular flexibility index (Phi) is 4.72. The normalized spacial score (nSPS) is 18.0. The highest BCUT2D eigenvalue weighted by molar-refractivity contribution is 5.42. The first-order valence-electron chi connectivity index (χ1n) is 9.32. The Hall–Kier alpha value is -2.28. The fourth-order valence-electron chi connectivity index (χ4n) is 3.71. The molecule has 2 aliphatic rings. The van der Waals surface area contributed by atoms with E-state index in [9.17, 15) is 4.79 Å². The number of aryl methyl sites for hydroxylation is 1. The first-order valence-corrected chi connectivity index (χ1v) is 9.32. The molecule has 2 aromatic rings. The predicted molar refractivity (Wildman–Crippen MR) is 98.3 cm³/mol.